The lowest BCUT2D eigenvalue weighted by Crippen LogP contribution is -2.38. The predicted molar refractivity (Wildman–Crippen MR) is 118 cm³/mol. The molecule has 1 aliphatic heterocycles. The molecule has 0 atom stereocenters. The van der Waals surface area contributed by atoms with Crippen molar-refractivity contribution in [2.75, 3.05) is 44.7 Å². The van der Waals surface area contributed by atoms with Crippen molar-refractivity contribution in [2.45, 2.75) is 26.3 Å². The van der Waals surface area contributed by atoms with Gasteiger partial charge in [-0.25, -0.2) is 0 Å². The molecule has 0 unspecified atom stereocenters. The zero-order chi connectivity index (χ0) is 16.3. The van der Waals surface area contributed by atoms with Crippen LogP contribution in [0.15, 0.2) is 29.3 Å². The van der Waals surface area contributed by atoms with Crippen molar-refractivity contribution < 1.29 is 0 Å². The predicted octanol–water partition coefficient (Wildman–Crippen LogP) is 2.97. The van der Waals surface area contributed by atoms with Crippen LogP contribution in [0.25, 0.3) is 0 Å². The summed E-state index contributed by atoms with van der Waals surface area (Å²) in [5, 5.41) is 6.69. The maximum Gasteiger partial charge on any atom is 0.191 e. The van der Waals surface area contributed by atoms with Gasteiger partial charge in [0.05, 0.1) is 0 Å². The molecule has 2 N–H and O–H groups in total. The van der Waals surface area contributed by atoms with E-state index in [4.69, 9.17) is 0 Å². The Kier molecular flexibility index (Phi) is 11.5. The number of benzene rings is 1. The van der Waals surface area contributed by atoms with Gasteiger partial charge < -0.3 is 10.6 Å². The number of aliphatic imine (C=N–C) groups is 1. The summed E-state index contributed by atoms with van der Waals surface area (Å²) in [6, 6.07) is 8.82. The highest BCUT2D eigenvalue weighted by Crippen LogP contribution is 2.18. The molecule has 0 fully saturated rings. The molecule has 0 saturated carbocycles. The number of hydrogen-bond acceptors (Lipinski definition) is 3. The van der Waals surface area contributed by atoms with Crippen molar-refractivity contribution in [3.8, 4) is 0 Å². The van der Waals surface area contributed by atoms with E-state index < -0.39 is 0 Å². The number of fused-ring (bicyclic) bond motifs is 1. The van der Waals surface area contributed by atoms with E-state index >= 15 is 0 Å². The highest BCUT2D eigenvalue weighted by atomic mass is 127. The molecule has 0 radical (unpaired) electrons. The standard InChI is InChI=1S/C18H30N4S.HI/c1-3-19-18(21-11-14-23-2)20-10-6-12-22-13-9-16-7-4-5-8-17(16)15-22;/h4-5,7-8H,3,6,9-15H2,1-2H3,(H2,19,20,21);1H. The molecule has 0 spiro atoms. The fourth-order valence-corrected chi connectivity index (χ4v) is 3.15. The Hall–Kier alpha value is -0.470. The van der Waals surface area contributed by atoms with Gasteiger partial charge in [-0.15, -0.1) is 24.0 Å². The van der Waals surface area contributed by atoms with E-state index in [1.807, 2.05) is 11.8 Å². The number of hydrogen-bond donors (Lipinski definition) is 2. The Balaban J connectivity index is 0.00000288. The Morgan fingerprint density at radius 1 is 1.25 bits per heavy atom. The summed E-state index contributed by atoms with van der Waals surface area (Å²) in [7, 11) is 0. The number of guanidine groups is 1. The van der Waals surface area contributed by atoms with Gasteiger partial charge in [-0.2, -0.15) is 11.8 Å². The second kappa shape index (κ2) is 12.8. The van der Waals surface area contributed by atoms with E-state index in [1.54, 1.807) is 0 Å². The van der Waals surface area contributed by atoms with Crippen LogP contribution in [0.1, 0.15) is 24.5 Å². The van der Waals surface area contributed by atoms with E-state index in [-0.39, 0.29) is 24.0 Å². The van der Waals surface area contributed by atoms with E-state index in [0.717, 1.165) is 50.9 Å². The Morgan fingerprint density at radius 3 is 2.79 bits per heavy atom. The third-order valence-corrected chi connectivity index (χ3v) is 4.67. The summed E-state index contributed by atoms with van der Waals surface area (Å²) in [4.78, 5) is 7.22. The first-order chi connectivity index (χ1) is 11.3. The highest BCUT2D eigenvalue weighted by Gasteiger charge is 2.14. The second-order valence-corrected chi connectivity index (χ2v) is 6.81. The van der Waals surface area contributed by atoms with Gasteiger partial charge in [0.1, 0.15) is 0 Å². The minimum Gasteiger partial charge on any atom is -0.357 e. The molecule has 136 valence electrons. The molecule has 1 heterocycles. The summed E-state index contributed by atoms with van der Waals surface area (Å²) in [6.07, 6.45) is 4.42. The summed E-state index contributed by atoms with van der Waals surface area (Å²) >= 11 is 1.85. The second-order valence-electron chi connectivity index (χ2n) is 5.83. The van der Waals surface area contributed by atoms with Crippen molar-refractivity contribution in [3.63, 3.8) is 0 Å². The van der Waals surface area contributed by atoms with Gasteiger partial charge >= 0.3 is 0 Å². The number of rotatable bonds is 8. The Bertz CT molecular complexity index is 496. The van der Waals surface area contributed by atoms with Crippen molar-refractivity contribution in [2.24, 2.45) is 4.99 Å². The molecule has 24 heavy (non-hydrogen) atoms. The quantitative estimate of drug-likeness (QED) is 0.270. The monoisotopic (exact) mass is 462 g/mol. The van der Waals surface area contributed by atoms with Gasteiger partial charge in [0, 0.05) is 45.0 Å². The summed E-state index contributed by atoms with van der Waals surface area (Å²) in [6.45, 7) is 8.26. The first-order valence-electron chi connectivity index (χ1n) is 8.63. The zero-order valence-electron chi connectivity index (χ0n) is 14.9. The number of thioether (sulfide) groups is 1. The molecule has 1 aromatic rings. The first-order valence-corrected chi connectivity index (χ1v) is 10.0. The molecule has 1 aromatic carbocycles. The van der Waals surface area contributed by atoms with Gasteiger partial charge in [0.15, 0.2) is 5.96 Å². The lowest BCUT2D eigenvalue weighted by atomic mass is 10.00. The lowest BCUT2D eigenvalue weighted by Gasteiger charge is -2.28. The van der Waals surface area contributed by atoms with Crippen LogP contribution in [0, 0.1) is 0 Å². The van der Waals surface area contributed by atoms with Crippen LogP contribution in [0.3, 0.4) is 0 Å². The Labute approximate surface area is 168 Å². The third-order valence-electron chi connectivity index (χ3n) is 4.05. The minimum absolute atomic E-state index is 0. The van der Waals surface area contributed by atoms with Crippen LogP contribution in [-0.2, 0) is 13.0 Å². The van der Waals surface area contributed by atoms with Crippen LogP contribution < -0.4 is 10.6 Å². The molecule has 6 heteroatoms. The number of halogens is 1. The van der Waals surface area contributed by atoms with Crippen LogP contribution in [0.4, 0.5) is 0 Å². The molecule has 0 aromatic heterocycles. The molecule has 0 saturated heterocycles. The maximum absolute atomic E-state index is 4.67. The lowest BCUT2D eigenvalue weighted by molar-refractivity contribution is 0.252. The molecular weight excluding hydrogens is 431 g/mol. The molecule has 0 aliphatic carbocycles. The normalized spacial score (nSPS) is 14.7. The van der Waals surface area contributed by atoms with Crippen LogP contribution in [0.2, 0.25) is 0 Å². The molecular formula is C18H31IN4S. The van der Waals surface area contributed by atoms with Gasteiger partial charge in [0.2, 0.25) is 0 Å². The Morgan fingerprint density at radius 2 is 2.04 bits per heavy atom. The molecule has 0 amide bonds. The topological polar surface area (TPSA) is 39.7 Å². The first kappa shape index (κ1) is 21.6. The smallest absolute Gasteiger partial charge is 0.191 e. The number of nitrogens with one attached hydrogen (secondary N) is 2. The summed E-state index contributed by atoms with van der Waals surface area (Å²) in [5.41, 5.74) is 3.02. The SMILES string of the molecule is CCNC(=NCCCN1CCc2ccccc2C1)NCCSC.I. The zero-order valence-corrected chi connectivity index (χ0v) is 18.0. The van der Waals surface area contributed by atoms with Gasteiger partial charge in [0.25, 0.3) is 0 Å². The third kappa shape index (κ3) is 7.61. The van der Waals surface area contributed by atoms with Crippen molar-refractivity contribution in [1.82, 2.24) is 15.5 Å². The maximum atomic E-state index is 4.67. The highest BCUT2D eigenvalue weighted by molar-refractivity contribution is 14.0. The van der Waals surface area contributed by atoms with Gasteiger partial charge in [-0.1, -0.05) is 24.3 Å². The molecule has 0 bridgehead atoms. The van der Waals surface area contributed by atoms with Gasteiger partial charge in [-0.05, 0) is 37.1 Å². The largest absolute Gasteiger partial charge is 0.357 e. The van der Waals surface area contributed by atoms with Crippen molar-refractivity contribution in [3.05, 3.63) is 35.4 Å². The van der Waals surface area contributed by atoms with Crippen LogP contribution >= 0.6 is 35.7 Å². The molecule has 2 rings (SSSR count). The van der Waals surface area contributed by atoms with Crippen LogP contribution in [0.5, 0.6) is 0 Å². The molecule has 4 nitrogen and oxygen atoms in total. The van der Waals surface area contributed by atoms with Crippen molar-refractivity contribution >= 4 is 41.7 Å². The average Bonchev–Trinajstić information content (AvgIpc) is 2.58. The fraction of sp³-hybridized carbons (Fsp3) is 0.611. The van der Waals surface area contributed by atoms with Gasteiger partial charge in [-0.3, -0.25) is 9.89 Å². The summed E-state index contributed by atoms with van der Waals surface area (Å²) in [5.74, 6) is 2.06. The molecule has 1 aliphatic rings. The van der Waals surface area contributed by atoms with Crippen molar-refractivity contribution in [1.29, 1.82) is 0 Å². The van der Waals surface area contributed by atoms with E-state index in [0.29, 0.717) is 0 Å². The van der Waals surface area contributed by atoms with E-state index in [9.17, 15) is 0 Å². The minimum atomic E-state index is 0. The van der Waals surface area contributed by atoms with E-state index in [2.05, 4.69) is 58.0 Å². The fourth-order valence-electron chi connectivity index (χ4n) is 2.84. The van der Waals surface area contributed by atoms with Crippen LogP contribution in [-0.4, -0.2) is 55.6 Å². The average molecular weight is 462 g/mol. The summed E-state index contributed by atoms with van der Waals surface area (Å²) < 4.78 is 0. The van der Waals surface area contributed by atoms with E-state index in [1.165, 1.54) is 24.1 Å². The number of nitrogens with zero attached hydrogens (tertiary/aromatic N) is 2.